The average Bonchev–Trinajstić information content (AvgIpc) is 3.43. The van der Waals surface area contributed by atoms with Gasteiger partial charge in [0.25, 0.3) is 0 Å². The number of nitrogens with zero attached hydrogens (tertiary/aromatic N) is 1. The lowest BCUT2D eigenvalue weighted by atomic mass is 9.92. The van der Waals surface area contributed by atoms with Crippen LogP contribution in [0.25, 0.3) is 10.9 Å². The predicted molar refractivity (Wildman–Crippen MR) is 174 cm³/mol. The van der Waals surface area contributed by atoms with Crippen molar-refractivity contribution < 1.29 is 33.8 Å². The lowest BCUT2D eigenvalue weighted by molar-refractivity contribution is -0.143. The van der Waals surface area contributed by atoms with E-state index < -0.39 is 53.7 Å². The van der Waals surface area contributed by atoms with E-state index in [4.69, 9.17) is 9.47 Å². The molecule has 1 saturated heterocycles. The summed E-state index contributed by atoms with van der Waals surface area (Å²) in [6, 6.07) is 14.6. The lowest BCUT2D eigenvalue weighted by Gasteiger charge is -2.38. The van der Waals surface area contributed by atoms with Gasteiger partial charge in [0.2, 0.25) is 11.8 Å². The van der Waals surface area contributed by atoms with Gasteiger partial charge in [0, 0.05) is 36.5 Å². The van der Waals surface area contributed by atoms with Crippen LogP contribution in [0.5, 0.6) is 0 Å². The van der Waals surface area contributed by atoms with E-state index in [0.717, 1.165) is 16.5 Å². The summed E-state index contributed by atoms with van der Waals surface area (Å²) in [5, 5.41) is 16.4. The Bertz CT molecular complexity index is 1500. The van der Waals surface area contributed by atoms with Crippen molar-refractivity contribution in [3.63, 3.8) is 0 Å². The fraction of sp³-hybridized carbons (Fsp3) is 0.486. The number of nitrogens with one attached hydrogen (secondary N) is 3. The van der Waals surface area contributed by atoms with E-state index in [-0.39, 0.29) is 18.8 Å². The molecule has 2 heterocycles. The molecule has 0 bridgehead atoms. The number of carbonyl (C=O) groups is 4. The first kappa shape index (κ1) is 34.5. The average molecular weight is 635 g/mol. The Morgan fingerprint density at radius 1 is 1.04 bits per heavy atom. The molecule has 1 fully saturated rings. The number of aromatic nitrogens is 1. The van der Waals surface area contributed by atoms with Crippen LogP contribution in [0, 0.1) is 5.92 Å². The van der Waals surface area contributed by atoms with Crippen molar-refractivity contribution >= 4 is 34.8 Å². The second kappa shape index (κ2) is 15.3. The fourth-order valence-electron chi connectivity index (χ4n) is 5.63. The van der Waals surface area contributed by atoms with Gasteiger partial charge in [-0.25, -0.2) is 9.59 Å². The van der Waals surface area contributed by atoms with Crippen molar-refractivity contribution in [2.75, 3.05) is 13.2 Å². The third-order valence-electron chi connectivity index (χ3n) is 8.29. The van der Waals surface area contributed by atoms with E-state index in [9.17, 15) is 24.3 Å². The molecule has 0 aliphatic carbocycles. The fourth-order valence-corrected chi connectivity index (χ4v) is 5.63. The molecule has 3 amide bonds. The topological polar surface area (TPSA) is 150 Å². The zero-order chi connectivity index (χ0) is 33.4. The number of rotatable bonds is 12. The molecule has 0 spiro atoms. The van der Waals surface area contributed by atoms with E-state index in [0.29, 0.717) is 31.6 Å². The largest absolute Gasteiger partial charge is 0.480 e. The van der Waals surface area contributed by atoms with E-state index in [1.54, 1.807) is 33.9 Å². The number of carboxylic acid groups (broad SMARTS) is 1. The van der Waals surface area contributed by atoms with Gasteiger partial charge in [-0.05, 0) is 50.3 Å². The molecule has 248 valence electrons. The molecule has 1 aliphatic rings. The third kappa shape index (κ3) is 8.87. The summed E-state index contributed by atoms with van der Waals surface area (Å²) in [5.74, 6) is -3.30. The van der Waals surface area contributed by atoms with E-state index in [2.05, 4.69) is 15.6 Å². The van der Waals surface area contributed by atoms with Crippen molar-refractivity contribution in [2.24, 2.45) is 5.92 Å². The van der Waals surface area contributed by atoms with Crippen molar-refractivity contribution in [3.8, 4) is 0 Å². The zero-order valence-electron chi connectivity index (χ0n) is 27.2. The molecule has 4 N–H and O–H groups in total. The molecule has 2 unspecified atom stereocenters. The van der Waals surface area contributed by atoms with Crippen LogP contribution in [0.2, 0.25) is 0 Å². The molecular weight excluding hydrogens is 588 g/mol. The number of ether oxygens (including phenoxy) is 2. The Hall–Kier alpha value is -4.38. The van der Waals surface area contributed by atoms with E-state index in [1.165, 1.54) is 4.90 Å². The van der Waals surface area contributed by atoms with Crippen LogP contribution < -0.4 is 10.6 Å². The van der Waals surface area contributed by atoms with Crippen LogP contribution in [-0.2, 0) is 30.3 Å². The van der Waals surface area contributed by atoms with Crippen molar-refractivity contribution in [3.05, 3.63) is 71.9 Å². The van der Waals surface area contributed by atoms with Crippen LogP contribution in [0.1, 0.15) is 70.9 Å². The second-order valence-corrected chi connectivity index (χ2v) is 12.9. The zero-order valence-corrected chi connectivity index (χ0v) is 27.2. The molecule has 3 aromatic rings. The van der Waals surface area contributed by atoms with E-state index >= 15 is 0 Å². The molecule has 2 aromatic carbocycles. The highest BCUT2D eigenvalue weighted by Crippen LogP contribution is 2.28. The lowest BCUT2D eigenvalue weighted by Crippen LogP contribution is -2.55. The Balaban J connectivity index is 1.64. The van der Waals surface area contributed by atoms with Gasteiger partial charge < -0.3 is 30.2 Å². The smallest absolute Gasteiger partial charge is 0.412 e. The molecule has 4 rings (SSSR count). The monoisotopic (exact) mass is 634 g/mol. The molecule has 11 nitrogen and oxygen atoms in total. The van der Waals surface area contributed by atoms with Crippen LogP contribution in [0.15, 0.2) is 60.8 Å². The third-order valence-corrected chi connectivity index (χ3v) is 8.29. The molecule has 11 heteroatoms. The molecule has 5 atom stereocenters. The number of carboxylic acids is 1. The maximum atomic E-state index is 14.2. The van der Waals surface area contributed by atoms with Gasteiger partial charge in [-0.15, -0.1) is 0 Å². The molecule has 1 aliphatic heterocycles. The number of para-hydroxylation sites is 1. The number of amides is 3. The van der Waals surface area contributed by atoms with Crippen LogP contribution in [0.3, 0.4) is 0 Å². The molecule has 0 radical (unpaired) electrons. The quantitative estimate of drug-likeness (QED) is 0.220. The van der Waals surface area contributed by atoms with Crippen molar-refractivity contribution in [1.82, 2.24) is 20.5 Å². The first-order valence-corrected chi connectivity index (χ1v) is 15.9. The Morgan fingerprint density at radius 2 is 1.74 bits per heavy atom. The minimum atomic E-state index is -1.14. The van der Waals surface area contributed by atoms with Crippen LogP contribution >= 0.6 is 0 Å². The Morgan fingerprint density at radius 3 is 2.41 bits per heavy atom. The summed E-state index contributed by atoms with van der Waals surface area (Å²) in [6.45, 7) is 9.83. The number of aliphatic carboxylic acids is 1. The molecule has 1 aromatic heterocycles. The van der Waals surface area contributed by atoms with Gasteiger partial charge in [-0.1, -0.05) is 68.8 Å². The minimum absolute atomic E-state index is 0.125. The normalized spacial score (nSPS) is 17.8. The summed E-state index contributed by atoms with van der Waals surface area (Å²) in [4.78, 5) is 58.0. The maximum absolute atomic E-state index is 14.2. The van der Waals surface area contributed by atoms with Gasteiger partial charge in [0.05, 0.1) is 12.5 Å². The standard InChI is InChI=1S/C35H46N4O7/c1-6-22(2)30(33(42)43)38-32(41)28(19-24-21-36-27-16-11-10-15-25(24)27)37-31(40)26(23-13-8-7-9-14-23)20-29-39(17-12-18-45-29)34(44)46-35(3,4)5/h7-11,13-16,21-22,26,28-30,36H,6,12,17-20H2,1-5H3,(H,37,40)(H,38,41)(H,42,43)/t22-,26?,28-,29?,30-/m0/s1. The predicted octanol–water partition coefficient (Wildman–Crippen LogP) is 4.97. The summed E-state index contributed by atoms with van der Waals surface area (Å²) in [5.41, 5.74) is 1.66. The Labute approximate surface area is 270 Å². The molecule has 0 saturated carbocycles. The minimum Gasteiger partial charge on any atom is -0.480 e. The van der Waals surface area contributed by atoms with Gasteiger partial charge >= 0.3 is 12.1 Å². The number of H-pyrrole nitrogens is 1. The highest BCUT2D eigenvalue weighted by molar-refractivity contribution is 5.93. The highest BCUT2D eigenvalue weighted by atomic mass is 16.6. The number of fused-ring (bicyclic) bond motifs is 1. The number of benzene rings is 2. The summed E-state index contributed by atoms with van der Waals surface area (Å²) >= 11 is 0. The number of hydrogen-bond donors (Lipinski definition) is 4. The van der Waals surface area contributed by atoms with E-state index in [1.807, 2.05) is 61.5 Å². The van der Waals surface area contributed by atoms with Gasteiger partial charge in [0.1, 0.15) is 23.9 Å². The molecular formula is C35H46N4O7. The number of carbonyl (C=O) groups excluding carboxylic acids is 3. The maximum Gasteiger partial charge on any atom is 0.412 e. The first-order chi connectivity index (χ1) is 21.9. The van der Waals surface area contributed by atoms with Gasteiger partial charge in [-0.3, -0.25) is 14.5 Å². The van der Waals surface area contributed by atoms with Crippen LogP contribution in [-0.4, -0.2) is 75.9 Å². The Kier molecular flexibility index (Phi) is 11.4. The summed E-state index contributed by atoms with van der Waals surface area (Å²) in [6.07, 6.45) is 1.96. The SMILES string of the molecule is CC[C@H](C)[C@H](NC(=O)[C@H](Cc1c[nH]c2ccccc12)NC(=O)C(CC1OCCCN1C(=O)OC(C)(C)C)c1ccccc1)C(=O)O. The van der Waals surface area contributed by atoms with Crippen LogP contribution in [0.4, 0.5) is 4.79 Å². The number of aromatic amines is 1. The summed E-state index contributed by atoms with van der Waals surface area (Å²) in [7, 11) is 0. The summed E-state index contributed by atoms with van der Waals surface area (Å²) < 4.78 is 11.7. The highest BCUT2D eigenvalue weighted by Gasteiger charge is 2.37. The number of hydrogen-bond acceptors (Lipinski definition) is 6. The second-order valence-electron chi connectivity index (χ2n) is 12.9. The van der Waals surface area contributed by atoms with Crippen molar-refractivity contribution in [1.29, 1.82) is 0 Å². The first-order valence-electron chi connectivity index (χ1n) is 15.9. The van der Waals surface area contributed by atoms with Gasteiger partial charge in [-0.2, -0.15) is 0 Å². The van der Waals surface area contributed by atoms with Gasteiger partial charge in [0.15, 0.2) is 0 Å². The van der Waals surface area contributed by atoms with Crippen molar-refractivity contribution in [2.45, 2.75) is 90.1 Å². The molecule has 46 heavy (non-hydrogen) atoms.